The zero-order valence-electron chi connectivity index (χ0n) is 18.7. The highest BCUT2D eigenvalue weighted by Crippen LogP contribution is 2.45. The van der Waals surface area contributed by atoms with E-state index in [1.165, 1.54) is 7.11 Å². The van der Waals surface area contributed by atoms with Crippen molar-refractivity contribution in [2.45, 2.75) is 83.3 Å². The molecule has 1 unspecified atom stereocenters. The lowest BCUT2D eigenvalue weighted by atomic mass is 9.80. The topological polar surface area (TPSA) is 35.5 Å². The zero-order valence-corrected chi connectivity index (χ0v) is 19.7. The lowest BCUT2D eigenvalue weighted by molar-refractivity contribution is -0.143. The molecule has 0 amide bonds. The number of methoxy groups -OCH3 is 1. The Morgan fingerprint density at radius 1 is 1.00 bits per heavy atom. The third-order valence-corrected chi connectivity index (χ3v) is 12.4. The second-order valence-electron chi connectivity index (χ2n) is 9.02. The predicted molar refractivity (Wildman–Crippen MR) is 119 cm³/mol. The van der Waals surface area contributed by atoms with Gasteiger partial charge in [-0.05, 0) is 47.0 Å². The van der Waals surface area contributed by atoms with Gasteiger partial charge in [0.2, 0.25) is 0 Å². The summed E-state index contributed by atoms with van der Waals surface area (Å²) in [6.07, 6.45) is 5.25. The number of carbonyl (C=O) groups excluding carboxylic acids is 1. The average molecular weight is 403 g/mol. The van der Waals surface area contributed by atoms with E-state index in [0.29, 0.717) is 16.6 Å². The first-order valence-electron chi connectivity index (χ1n) is 10.8. The first kappa shape index (κ1) is 22.7. The van der Waals surface area contributed by atoms with Crippen molar-refractivity contribution < 1.29 is 14.0 Å². The van der Waals surface area contributed by atoms with E-state index in [4.69, 9.17) is 9.16 Å². The minimum absolute atomic E-state index is 0.122. The van der Waals surface area contributed by atoms with E-state index < -0.39 is 8.32 Å². The molecule has 0 saturated heterocycles. The van der Waals surface area contributed by atoms with Gasteiger partial charge in [-0.1, -0.05) is 71.9 Å². The summed E-state index contributed by atoms with van der Waals surface area (Å²) in [6, 6.07) is 10.0. The number of rotatable bonds is 8. The van der Waals surface area contributed by atoms with Gasteiger partial charge >= 0.3 is 5.97 Å². The summed E-state index contributed by atoms with van der Waals surface area (Å²) < 4.78 is 12.1. The minimum Gasteiger partial charge on any atom is -0.546 e. The van der Waals surface area contributed by atoms with Crippen molar-refractivity contribution in [1.29, 1.82) is 0 Å². The van der Waals surface area contributed by atoms with Crippen LogP contribution in [0.2, 0.25) is 16.6 Å². The molecule has 0 fully saturated rings. The molecule has 0 spiro atoms. The Morgan fingerprint density at radius 3 is 2.07 bits per heavy atom. The van der Waals surface area contributed by atoms with Crippen LogP contribution in [-0.2, 0) is 14.0 Å². The molecule has 0 bridgehead atoms. The second kappa shape index (κ2) is 9.77. The van der Waals surface area contributed by atoms with Crippen LogP contribution < -0.4 is 0 Å². The third-order valence-electron chi connectivity index (χ3n) is 6.42. The maximum atomic E-state index is 12.6. The van der Waals surface area contributed by atoms with Gasteiger partial charge in [0.15, 0.2) is 0 Å². The van der Waals surface area contributed by atoms with Gasteiger partial charge in [-0.2, -0.15) is 0 Å². The van der Waals surface area contributed by atoms with Crippen LogP contribution in [0.3, 0.4) is 0 Å². The molecule has 4 heteroatoms. The van der Waals surface area contributed by atoms with Crippen molar-refractivity contribution in [1.82, 2.24) is 0 Å². The standard InChI is InChI=1S/C24H38O3Si/c1-17(2)28(18(3)4,19(5)6)27-22-15-11-14-21(16-22)23(24(25)26-7)20-12-9-8-10-13-20/h8-10,12-13,16-19,21,23H,11,14-15H2,1-7H3/t21-,23?/m0/s1. The zero-order chi connectivity index (χ0) is 20.9. The van der Waals surface area contributed by atoms with Crippen LogP contribution in [0.1, 0.15) is 72.3 Å². The summed E-state index contributed by atoms with van der Waals surface area (Å²) in [4.78, 5) is 12.6. The largest absolute Gasteiger partial charge is 0.546 e. The fourth-order valence-corrected chi connectivity index (χ4v) is 10.5. The molecule has 156 valence electrons. The highest BCUT2D eigenvalue weighted by Gasteiger charge is 2.47. The van der Waals surface area contributed by atoms with Crippen LogP contribution in [0, 0.1) is 5.92 Å². The second-order valence-corrected chi connectivity index (χ2v) is 14.4. The molecule has 0 radical (unpaired) electrons. The van der Waals surface area contributed by atoms with Crippen LogP contribution in [0.4, 0.5) is 0 Å². The summed E-state index contributed by atoms with van der Waals surface area (Å²) in [6.45, 7) is 13.9. The Labute approximate surface area is 172 Å². The monoisotopic (exact) mass is 402 g/mol. The van der Waals surface area contributed by atoms with E-state index in [0.717, 1.165) is 30.6 Å². The molecule has 1 aromatic carbocycles. The van der Waals surface area contributed by atoms with Crippen molar-refractivity contribution in [2.24, 2.45) is 5.92 Å². The SMILES string of the molecule is COC(=O)C(c1ccccc1)[C@@H]1C=C(O[Si](C(C)C)(C(C)C)C(C)C)CCC1. The lowest BCUT2D eigenvalue weighted by Gasteiger charge is -2.44. The molecule has 1 aliphatic carbocycles. The van der Waals surface area contributed by atoms with Gasteiger partial charge in [-0.3, -0.25) is 4.79 Å². The molecular formula is C24H38O3Si. The molecular weight excluding hydrogens is 364 g/mol. The van der Waals surface area contributed by atoms with Crippen molar-refractivity contribution in [3.63, 3.8) is 0 Å². The van der Waals surface area contributed by atoms with Crippen molar-refractivity contribution in [3.05, 3.63) is 47.7 Å². The van der Waals surface area contributed by atoms with E-state index in [2.05, 4.69) is 47.6 Å². The molecule has 0 N–H and O–H groups in total. The fourth-order valence-electron chi connectivity index (χ4n) is 5.19. The molecule has 1 aromatic rings. The Morgan fingerprint density at radius 2 is 1.57 bits per heavy atom. The predicted octanol–water partition coefficient (Wildman–Crippen LogP) is 6.82. The van der Waals surface area contributed by atoms with Crippen molar-refractivity contribution in [2.75, 3.05) is 7.11 Å². The van der Waals surface area contributed by atoms with Crippen LogP contribution in [0.25, 0.3) is 0 Å². The normalized spacial score (nSPS) is 18.9. The molecule has 0 aromatic heterocycles. The molecule has 0 heterocycles. The number of hydrogen-bond acceptors (Lipinski definition) is 3. The van der Waals surface area contributed by atoms with Crippen LogP contribution in [0.15, 0.2) is 42.2 Å². The summed E-state index contributed by atoms with van der Waals surface area (Å²) in [5.41, 5.74) is 2.65. The fraction of sp³-hybridized carbons (Fsp3) is 0.625. The van der Waals surface area contributed by atoms with Crippen LogP contribution in [-0.4, -0.2) is 21.4 Å². The number of allylic oxidation sites excluding steroid dienone is 2. The molecule has 0 aliphatic heterocycles. The van der Waals surface area contributed by atoms with Gasteiger partial charge in [-0.15, -0.1) is 0 Å². The first-order valence-corrected chi connectivity index (χ1v) is 12.9. The van der Waals surface area contributed by atoms with Gasteiger partial charge < -0.3 is 9.16 Å². The van der Waals surface area contributed by atoms with E-state index in [1.54, 1.807) is 0 Å². The number of benzene rings is 1. The average Bonchev–Trinajstić information content (AvgIpc) is 2.66. The lowest BCUT2D eigenvalue weighted by Crippen LogP contribution is -2.47. The van der Waals surface area contributed by atoms with Gasteiger partial charge in [0.25, 0.3) is 8.32 Å². The maximum Gasteiger partial charge on any atom is 0.313 e. The smallest absolute Gasteiger partial charge is 0.313 e. The molecule has 0 saturated carbocycles. The number of carbonyl (C=O) groups is 1. The summed E-state index contributed by atoms with van der Waals surface area (Å²) in [7, 11) is -0.496. The van der Waals surface area contributed by atoms with E-state index in [-0.39, 0.29) is 17.8 Å². The van der Waals surface area contributed by atoms with Crippen LogP contribution in [0.5, 0.6) is 0 Å². The Hall–Kier alpha value is -1.55. The minimum atomic E-state index is -1.98. The third kappa shape index (κ3) is 4.70. The van der Waals surface area contributed by atoms with Gasteiger partial charge in [-0.25, -0.2) is 0 Å². The van der Waals surface area contributed by atoms with E-state index in [9.17, 15) is 4.79 Å². The van der Waals surface area contributed by atoms with Crippen molar-refractivity contribution in [3.8, 4) is 0 Å². The Balaban J connectivity index is 2.38. The summed E-state index contributed by atoms with van der Waals surface area (Å²) >= 11 is 0. The Bertz CT molecular complexity index is 642. The highest BCUT2D eigenvalue weighted by atomic mass is 28.4. The van der Waals surface area contributed by atoms with E-state index in [1.807, 2.05) is 30.3 Å². The molecule has 28 heavy (non-hydrogen) atoms. The number of esters is 1. The number of ether oxygens (including phenoxy) is 1. The molecule has 2 rings (SSSR count). The summed E-state index contributed by atoms with van der Waals surface area (Å²) in [5.74, 6) is 0.799. The summed E-state index contributed by atoms with van der Waals surface area (Å²) in [5, 5.41) is 0. The van der Waals surface area contributed by atoms with Gasteiger partial charge in [0.1, 0.15) is 0 Å². The van der Waals surface area contributed by atoms with Gasteiger partial charge in [0, 0.05) is 6.42 Å². The van der Waals surface area contributed by atoms with Gasteiger partial charge in [0.05, 0.1) is 18.8 Å². The molecule has 1 aliphatic rings. The van der Waals surface area contributed by atoms with Crippen LogP contribution >= 0.6 is 0 Å². The maximum absolute atomic E-state index is 12.6. The first-order chi connectivity index (χ1) is 13.2. The highest BCUT2D eigenvalue weighted by molar-refractivity contribution is 6.77. The molecule has 2 atom stereocenters. The quantitative estimate of drug-likeness (QED) is 0.353. The van der Waals surface area contributed by atoms with E-state index >= 15 is 0 Å². The van der Waals surface area contributed by atoms with Crippen molar-refractivity contribution >= 4 is 14.3 Å². The molecule has 3 nitrogen and oxygen atoms in total. The number of hydrogen-bond donors (Lipinski definition) is 0. The Kier molecular flexibility index (Phi) is 7.94.